The van der Waals surface area contributed by atoms with Crippen LogP contribution in [0.4, 0.5) is 10.1 Å². The van der Waals surface area contributed by atoms with Gasteiger partial charge in [0.05, 0.1) is 33.9 Å². The molecule has 172 valence electrons. The van der Waals surface area contributed by atoms with Crippen LogP contribution in [0.25, 0.3) is 11.0 Å². The number of nitrogens with one attached hydrogen (secondary N) is 1. The van der Waals surface area contributed by atoms with E-state index in [2.05, 4.69) is 4.98 Å². The largest absolute Gasteiger partial charge is 0.456 e. The normalized spacial score (nSPS) is 17.2. The second kappa shape index (κ2) is 8.51. The summed E-state index contributed by atoms with van der Waals surface area (Å²) in [6.07, 6.45) is 7.39. The maximum Gasteiger partial charge on any atom is 0.315 e. The van der Waals surface area contributed by atoms with Gasteiger partial charge in [0.2, 0.25) is 5.58 Å². The summed E-state index contributed by atoms with van der Waals surface area (Å²) in [6, 6.07) is 1.68. The van der Waals surface area contributed by atoms with Crippen LogP contribution < -0.4 is 11.0 Å². The molecule has 1 aliphatic heterocycles. The molecule has 1 N–H and O–H groups in total. The first-order valence-electron chi connectivity index (χ1n) is 11.1. The molecule has 5 rings (SSSR count). The molecule has 33 heavy (non-hydrogen) atoms. The zero-order valence-corrected chi connectivity index (χ0v) is 17.9. The van der Waals surface area contributed by atoms with Gasteiger partial charge in [-0.25, -0.2) is 9.37 Å². The highest BCUT2D eigenvalue weighted by atomic mass is 19.1. The summed E-state index contributed by atoms with van der Waals surface area (Å²) in [5.74, 6) is 0.212. The van der Waals surface area contributed by atoms with E-state index in [9.17, 15) is 24.1 Å². The number of aromatic amines is 1. The van der Waals surface area contributed by atoms with Gasteiger partial charge in [0, 0.05) is 37.5 Å². The lowest BCUT2D eigenvalue weighted by molar-refractivity contribution is -0.383. The Bertz CT molecular complexity index is 1360. The quantitative estimate of drug-likeness (QED) is 0.473. The van der Waals surface area contributed by atoms with E-state index in [1.165, 1.54) is 12.7 Å². The van der Waals surface area contributed by atoms with Crippen LogP contribution in [0.2, 0.25) is 0 Å². The summed E-state index contributed by atoms with van der Waals surface area (Å²) >= 11 is 0. The molecule has 10 heteroatoms. The van der Waals surface area contributed by atoms with E-state index in [4.69, 9.17) is 9.40 Å². The van der Waals surface area contributed by atoms with E-state index >= 15 is 0 Å². The summed E-state index contributed by atoms with van der Waals surface area (Å²) in [5.41, 5.74) is 0.125. The number of H-pyrrole nitrogens is 1. The third-order valence-corrected chi connectivity index (χ3v) is 6.64. The molecule has 0 amide bonds. The molecule has 0 radical (unpaired) electrons. The third-order valence-electron chi connectivity index (χ3n) is 6.64. The number of aromatic nitrogens is 2. The molecule has 0 atom stereocenters. The van der Waals surface area contributed by atoms with Gasteiger partial charge in [0.15, 0.2) is 5.43 Å². The van der Waals surface area contributed by atoms with Gasteiger partial charge in [0.1, 0.15) is 11.6 Å². The molecule has 1 aliphatic carbocycles. The second-order valence-corrected chi connectivity index (χ2v) is 8.82. The van der Waals surface area contributed by atoms with Crippen molar-refractivity contribution in [2.45, 2.75) is 57.5 Å². The monoisotopic (exact) mass is 454 g/mol. The van der Waals surface area contributed by atoms with Crippen LogP contribution in [0.3, 0.4) is 0 Å². The van der Waals surface area contributed by atoms with Gasteiger partial charge in [-0.15, -0.1) is 0 Å². The molecule has 0 spiro atoms. The highest BCUT2D eigenvalue weighted by molar-refractivity contribution is 5.85. The van der Waals surface area contributed by atoms with E-state index < -0.39 is 21.9 Å². The fourth-order valence-corrected chi connectivity index (χ4v) is 4.92. The molecular weight excluding hydrogens is 431 g/mol. The van der Waals surface area contributed by atoms with Gasteiger partial charge < -0.3 is 9.40 Å². The van der Waals surface area contributed by atoms with Gasteiger partial charge in [0.25, 0.3) is 5.56 Å². The van der Waals surface area contributed by atoms with Crippen LogP contribution in [0.5, 0.6) is 0 Å². The number of hydrogen-bond donors (Lipinski definition) is 1. The summed E-state index contributed by atoms with van der Waals surface area (Å²) < 4.78 is 19.2. The predicted molar refractivity (Wildman–Crippen MR) is 118 cm³/mol. The van der Waals surface area contributed by atoms with Crippen molar-refractivity contribution in [3.05, 3.63) is 77.5 Å². The van der Waals surface area contributed by atoms with E-state index in [1.54, 1.807) is 0 Å². The highest BCUT2D eigenvalue weighted by Gasteiger charge is 2.26. The topological polar surface area (TPSA) is 122 Å². The molecule has 3 heterocycles. The molecule has 9 nitrogen and oxygen atoms in total. The van der Waals surface area contributed by atoms with Crippen molar-refractivity contribution in [2.24, 2.45) is 0 Å². The smallest absolute Gasteiger partial charge is 0.315 e. The lowest BCUT2D eigenvalue weighted by Gasteiger charge is -2.28. The summed E-state index contributed by atoms with van der Waals surface area (Å²) in [4.78, 5) is 45.8. The van der Waals surface area contributed by atoms with E-state index in [0.29, 0.717) is 31.0 Å². The Morgan fingerprint density at radius 1 is 1.24 bits per heavy atom. The van der Waals surface area contributed by atoms with E-state index in [-0.39, 0.29) is 28.6 Å². The summed E-state index contributed by atoms with van der Waals surface area (Å²) in [7, 11) is 0. The molecule has 0 saturated heterocycles. The average Bonchev–Trinajstić information content (AvgIpc) is 2.81. The standard InChI is InChI=1S/C23H23FN4O5/c24-15-8-16-20(29)14(12-33-21(16)19(9-15)28(31)32)10-27-7-6-18-17(11-27)23(30)26-22(25-18)13-4-2-1-3-5-13/h8-9,12-13H,1-7,10-11H2,(H,25,26,30). The summed E-state index contributed by atoms with van der Waals surface area (Å²) in [5, 5.41) is 11.0. The van der Waals surface area contributed by atoms with E-state index in [0.717, 1.165) is 49.3 Å². The van der Waals surface area contributed by atoms with Gasteiger partial charge >= 0.3 is 5.69 Å². The Morgan fingerprint density at radius 3 is 2.79 bits per heavy atom. The summed E-state index contributed by atoms with van der Waals surface area (Å²) in [6.45, 7) is 1.09. The van der Waals surface area contributed by atoms with Crippen LogP contribution in [-0.4, -0.2) is 26.3 Å². The Labute approximate surface area is 187 Å². The van der Waals surface area contributed by atoms with Crippen LogP contribution >= 0.6 is 0 Å². The molecule has 1 aromatic carbocycles. The zero-order valence-electron chi connectivity index (χ0n) is 17.9. The van der Waals surface area contributed by atoms with Gasteiger partial charge in [-0.2, -0.15) is 0 Å². The van der Waals surface area contributed by atoms with E-state index in [1.807, 2.05) is 4.90 Å². The first kappa shape index (κ1) is 21.4. The van der Waals surface area contributed by atoms with Crippen molar-refractivity contribution < 1.29 is 13.7 Å². The minimum absolute atomic E-state index is 0.145. The number of fused-ring (bicyclic) bond motifs is 2. The molecule has 1 fully saturated rings. The minimum atomic E-state index is -0.878. The van der Waals surface area contributed by atoms with Gasteiger partial charge in [-0.1, -0.05) is 19.3 Å². The third kappa shape index (κ3) is 4.06. The average molecular weight is 454 g/mol. The number of nitro groups is 1. The van der Waals surface area contributed by atoms with Crippen molar-refractivity contribution in [3.63, 3.8) is 0 Å². The number of nitrogens with zero attached hydrogens (tertiary/aromatic N) is 3. The number of nitro benzene ring substituents is 1. The second-order valence-electron chi connectivity index (χ2n) is 8.82. The van der Waals surface area contributed by atoms with Crippen molar-refractivity contribution in [3.8, 4) is 0 Å². The Morgan fingerprint density at radius 2 is 2.03 bits per heavy atom. The van der Waals surface area contributed by atoms with Crippen LogP contribution in [0, 0.1) is 15.9 Å². The molecule has 3 aromatic rings. The zero-order chi connectivity index (χ0) is 23.1. The minimum Gasteiger partial charge on any atom is -0.456 e. The van der Waals surface area contributed by atoms with Crippen molar-refractivity contribution in [1.29, 1.82) is 0 Å². The maximum absolute atomic E-state index is 13.9. The lowest BCUT2D eigenvalue weighted by Crippen LogP contribution is -2.37. The Balaban J connectivity index is 1.41. The Kier molecular flexibility index (Phi) is 5.53. The SMILES string of the molecule is O=c1[nH]c(C2CCCCC2)nc2c1CN(Cc1coc3c([N+](=O)[O-])cc(F)cc3c1=O)CC2. The van der Waals surface area contributed by atoms with Crippen LogP contribution in [0.15, 0.2) is 32.4 Å². The number of hydrogen-bond acceptors (Lipinski definition) is 7. The lowest BCUT2D eigenvalue weighted by atomic mass is 9.88. The molecule has 0 bridgehead atoms. The van der Waals surface area contributed by atoms with Crippen LogP contribution in [0.1, 0.15) is 60.7 Å². The van der Waals surface area contributed by atoms with Crippen molar-refractivity contribution >= 4 is 16.7 Å². The van der Waals surface area contributed by atoms with Crippen LogP contribution in [-0.2, 0) is 19.5 Å². The Hall–Kier alpha value is -3.40. The van der Waals surface area contributed by atoms with Gasteiger partial charge in [-0.3, -0.25) is 24.6 Å². The fraction of sp³-hybridized carbons (Fsp3) is 0.435. The number of benzene rings is 1. The van der Waals surface area contributed by atoms with Crippen molar-refractivity contribution in [2.75, 3.05) is 6.54 Å². The fourth-order valence-electron chi connectivity index (χ4n) is 4.92. The first-order chi connectivity index (χ1) is 15.9. The molecule has 2 aliphatic rings. The number of non-ortho nitro benzene ring substituents is 1. The highest BCUT2D eigenvalue weighted by Crippen LogP contribution is 2.31. The predicted octanol–water partition coefficient (Wildman–Crippen LogP) is 3.53. The molecular formula is C23H23FN4O5. The number of rotatable bonds is 4. The number of halogens is 1. The maximum atomic E-state index is 13.9. The molecule has 1 saturated carbocycles. The molecule has 2 aromatic heterocycles. The van der Waals surface area contributed by atoms with Crippen molar-refractivity contribution in [1.82, 2.24) is 14.9 Å². The first-order valence-corrected chi connectivity index (χ1v) is 11.1. The molecule has 0 unspecified atom stereocenters. The van der Waals surface area contributed by atoms with Gasteiger partial charge in [-0.05, 0) is 18.9 Å².